The number of nitrogens with two attached hydrogens (primary N) is 1. The van der Waals surface area contributed by atoms with Gasteiger partial charge >= 0.3 is 0 Å². The van der Waals surface area contributed by atoms with Crippen LogP contribution in [0, 0.1) is 5.92 Å². The molecule has 0 aromatic rings. The molecule has 0 aromatic carbocycles. The lowest BCUT2D eigenvalue weighted by Gasteiger charge is -2.04. The van der Waals surface area contributed by atoms with Crippen LogP contribution in [0.4, 0.5) is 0 Å². The first-order valence-electron chi connectivity index (χ1n) is 3.01. The number of hydrogen-bond donors (Lipinski definition) is 1. The topological polar surface area (TPSA) is 43.1 Å². The van der Waals surface area contributed by atoms with Gasteiger partial charge in [0.05, 0.1) is 5.70 Å². The third-order valence-corrected chi connectivity index (χ3v) is 1.45. The third-order valence-electron chi connectivity index (χ3n) is 1.45. The van der Waals surface area contributed by atoms with Crippen LogP contribution >= 0.6 is 0 Å². The molecule has 9 heavy (non-hydrogen) atoms. The van der Waals surface area contributed by atoms with Gasteiger partial charge < -0.3 is 5.73 Å². The van der Waals surface area contributed by atoms with Gasteiger partial charge in [-0.25, -0.2) is 0 Å². The lowest BCUT2D eigenvalue weighted by molar-refractivity contribution is -0.105. The van der Waals surface area contributed by atoms with E-state index in [0.717, 1.165) is 5.57 Å². The van der Waals surface area contributed by atoms with Crippen LogP contribution in [0.1, 0.15) is 20.8 Å². The third kappa shape index (κ3) is 2.31. The fourth-order valence-electron chi connectivity index (χ4n) is 0.426. The van der Waals surface area contributed by atoms with Crippen molar-refractivity contribution in [1.29, 1.82) is 0 Å². The Kier molecular flexibility index (Phi) is 2.99. The van der Waals surface area contributed by atoms with E-state index in [4.69, 9.17) is 5.73 Å². The highest BCUT2D eigenvalue weighted by atomic mass is 16.1. The van der Waals surface area contributed by atoms with Crippen molar-refractivity contribution in [3.8, 4) is 0 Å². The van der Waals surface area contributed by atoms with E-state index in [-0.39, 0.29) is 0 Å². The average molecular weight is 127 g/mol. The van der Waals surface area contributed by atoms with Gasteiger partial charge in [-0.2, -0.15) is 0 Å². The highest BCUT2D eigenvalue weighted by Gasteiger charge is 1.99. The van der Waals surface area contributed by atoms with Gasteiger partial charge in [-0.1, -0.05) is 13.8 Å². The molecule has 2 nitrogen and oxygen atoms in total. The summed E-state index contributed by atoms with van der Waals surface area (Å²) in [7, 11) is 0. The monoisotopic (exact) mass is 127 g/mol. The number of allylic oxidation sites excluding steroid dienone is 2. The van der Waals surface area contributed by atoms with Crippen LogP contribution in [0.25, 0.3) is 0 Å². The zero-order valence-electron chi connectivity index (χ0n) is 6.14. The maximum Gasteiger partial charge on any atom is 0.165 e. The Morgan fingerprint density at radius 2 is 2.00 bits per heavy atom. The van der Waals surface area contributed by atoms with Crippen LogP contribution in [0.15, 0.2) is 11.3 Å². The van der Waals surface area contributed by atoms with Crippen molar-refractivity contribution in [3.63, 3.8) is 0 Å². The zero-order chi connectivity index (χ0) is 7.44. The molecular weight excluding hydrogens is 114 g/mol. The summed E-state index contributed by atoms with van der Waals surface area (Å²) in [4.78, 5) is 10.1. The summed E-state index contributed by atoms with van der Waals surface area (Å²) in [6.07, 6.45) is 0.690. The standard InChI is InChI=1S/C7H13NO/c1-5(2)6(3)7(8)4-9/h4-5H,8H2,1-3H3/b7-6-. The summed E-state index contributed by atoms with van der Waals surface area (Å²) >= 11 is 0. The van der Waals surface area contributed by atoms with E-state index in [1.807, 2.05) is 20.8 Å². The van der Waals surface area contributed by atoms with E-state index >= 15 is 0 Å². The quantitative estimate of drug-likeness (QED) is 0.445. The van der Waals surface area contributed by atoms with Crippen LogP contribution in [-0.4, -0.2) is 6.29 Å². The van der Waals surface area contributed by atoms with Gasteiger partial charge in [-0.15, -0.1) is 0 Å². The smallest absolute Gasteiger partial charge is 0.165 e. The van der Waals surface area contributed by atoms with Crippen molar-refractivity contribution < 1.29 is 4.79 Å². The lowest BCUT2D eigenvalue weighted by Crippen LogP contribution is -2.05. The van der Waals surface area contributed by atoms with Crippen LogP contribution in [-0.2, 0) is 4.79 Å². The molecule has 0 aliphatic heterocycles. The molecule has 0 heterocycles. The highest BCUT2D eigenvalue weighted by Crippen LogP contribution is 2.08. The van der Waals surface area contributed by atoms with E-state index in [1.54, 1.807) is 0 Å². The molecule has 0 aromatic heterocycles. The minimum absolute atomic E-state index is 0.366. The normalized spacial score (nSPS) is 13.3. The molecule has 0 saturated carbocycles. The average Bonchev–Trinajstić information content (AvgIpc) is 1.84. The predicted molar refractivity (Wildman–Crippen MR) is 37.8 cm³/mol. The van der Waals surface area contributed by atoms with E-state index in [0.29, 0.717) is 17.9 Å². The molecule has 0 amide bonds. The Labute approximate surface area is 55.7 Å². The molecule has 0 radical (unpaired) electrons. The first kappa shape index (κ1) is 8.21. The fourth-order valence-corrected chi connectivity index (χ4v) is 0.426. The zero-order valence-corrected chi connectivity index (χ0v) is 6.14. The molecule has 2 N–H and O–H groups in total. The van der Waals surface area contributed by atoms with Crippen molar-refractivity contribution in [3.05, 3.63) is 11.3 Å². The molecule has 0 fully saturated rings. The van der Waals surface area contributed by atoms with Crippen molar-refractivity contribution in [1.82, 2.24) is 0 Å². The summed E-state index contributed by atoms with van der Waals surface area (Å²) in [5, 5.41) is 0. The first-order valence-corrected chi connectivity index (χ1v) is 3.01. The highest BCUT2D eigenvalue weighted by molar-refractivity contribution is 5.72. The van der Waals surface area contributed by atoms with Gasteiger partial charge in [0.25, 0.3) is 0 Å². The molecular formula is C7H13NO. The minimum Gasteiger partial charge on any atom is -0.396 e. The van der Waals surface area contributed by atoms with Gasteiger partial charge in [0.15, 0.2) is 6.29 Å². The molecule has 0 aliphatic carbocycles. The summed E-state index contributed by atoms with van der Waals surface area (Å²) in [6, 6.07) is 0. The largest absolute Gasteiger partial charge is 0.396 e. The molecule has 0 rings (SSSR count). The second kappa shape index (κ2) is 3.28. The van der Waals surface area contributed by atoms with E-state index in [1.165, 1.54) is 0 Å². The van der Waals surface area contributed by atoms with Crippen molar-refractivity contribution in [2.24, 2.45) is 11.7 Å². The Morgan fingerprint density at radius 3 is 2.11 bits per heavy atom. The van der Waals surface area contributed by atoms with Gasteiger partial charge in [0, 0.05) is 0 Å². The first-order chi connectivity index (χ1) is 4.09. The van der Waals surface area contributed by atoms with Gasteiger partial charge in [0.1, 0.15) is 0 Å². The van der Waals surface area contributed by atoms with Gasteiger partial charge in [-0.3, -0.25) is 4.79 Å². The van der Waals surface area contributed by atoms with Crippen LogP contribution in [0.5, 0.6) is 0 Å². The Morgan fingerprint density at radius 1 is 1.56 bits per heavy atom. The van der Waals surface area contributed by atoms with E-state index in [2.05, 4.69) is 0 Å². The Bertz CT molecular complexity index is 136. The predicted octanol–water partition coefficient (Wildman–Crippen LogP) is 1.07. The van der Waals surface area contributed by atoms with Gasteiger partial charge in [0.2, 0.25) is 0 Å². The van der Waals surface area contributed by atoms with Crippen molar-refractivity contribution >= 4 is 6.29 Å². The molecule has 0 saturated heterocycles. The lowest BCUT2D eigenvalue weighted by atomic mass is 10.0. The fraction of sp³-hybridized carbons (Fsp3) is 0.571. The molecule has 52 valence electrons. The molecule has 0 bridgehead atoms. The molecule has 0 spiro atoms. The van der Waals surface area contributed by atoms with Crippen molar-refractivity contribution in [2.75, 3.05) is 0 Å². The maximum atomic E-state index is 10.1. The Hall–Kier alpha value is -0.790. The molecule has 2 heteroatoms. The SMILES string of the molecule is C/C(=C(/N)C=O)C(C)C. The number of hydrogen-bond acceptors (Lipinski definition) is 2. The number of carbonyl (C=O) groups excluding carboxylic acids is 1. The van der Waals surface area contributed by atoms with Crippen LogP contribution in [0.2, 0.25) is 0 Å². The summed E-state index contributed by atoms with van der Waals surface area (Å²) in [5.74, 6) is 0.371. The van der Waals surface area contributed by atoms with Crippen LogP contribution in [0.3, 0.4) is 0 Å². The Balaban J connectivity index is 4.27. The number of carbonyl (C=O) groups is 1. The molecule has 0 atom stereocenters. The summed E-state index contributed by atoms with van der Waals surface area (Å²) < 4.78 is 0. The van der Waals surface area contributed by atoms with Crippen molar-refractivity contribution in [2.45, 2.75) is 20.8 Å². The van der Waals surface area contributed by atoms with E-state index < -0.39 is 0 Å². The van der Waals surface area contributed by atoms with Crippen LogP contribution < -0.4 is 5.73 Å². The molecule has 0 unspecified atom stereocenters. The summed E-state index contributed by atoms with van der Waals surface area (Å²) in [5.41, 5.74) is 6.66. The maximum absolute atomic E-state index is 10.1. The molecule has 0 aliphatic rings. The second-order valence-electron chi connectivity index (χ2n) is 2.41. The van der Waals surface area contributed by atoms with E-state index in [9.17, 15) is 4.79 Å². The minimum atomic E-state index is 0.366. The number of rotatable bonds is 2. The van der Waals surface area contributed by atoms with Gasteiger partial charge in [-0.05, 0) is 18.4 Å². The number of aldehydes is 1. The summed E-state index contributed by atoms with van der Waals surface area (Å²) in [6.45, 7) is 5.88. The second-order valence-corrected chi connectivity index (χ2v) is 2.41.